The van der Waals surface area contributed by atoms with E-state index in [0.717, 1.165) is 10.6 Å². The number of aromatic amines is 1. The van der Waals surface area contributed by atoms with Gasteiger partial charge in [0.2, 0.25) is 5.88 Å². The lowest BCUT2D eigenvalue weighted by molar-refractivity contribution is 0.0820. The van der Waals surface area contributed by atoms with E-state index < -0.39 is 35.4 Å². The highest BCUT2D eigenvalue weighted by Gasteiger charge is 2.16. The van der Waals surface area contributed by atoms with Crippen LogP contribution in [-0.2, 0) is 13.2 Å². The molecule has 0 saturated heterocycles. The predicted octanol–water partition coefficient (Wildman–Crippen LogP) is 2.08. The van der Waals surface area contributed by atoms with E-state index in [4.69, 9.17) is 21.4 Å². The number of carbonyl (C=O) groups excluding carboxylic acids is 1. The van der Waals surface area contributed by atoms with Gasteiger partial charge in [0.1, 0.15) is 31.2 Å². The Labute approximate surface area is 188 Å². The molecule has 0 aliphatic rings. The standard InChI is InChI=1S/C21H15ClF2N4O5/c22-18-19(33-9-12-2-3-13(23)6-14(12)24)25-10-27(20(18)31)7-11-1-4-15-16(5-11)28(17(30)8-29)21(32)26-15/h1-6,10,29H,7-9H2,(H,26,32). The Bertz CT molecular complexity index is 1490. The molecule has 2 heterocycles. The van der Waals surface area contributed by atoms with E-state index in [-0.39, 0.29) is 35.1 Å². The van der Waals surface area contributed by atoms with Gasteiger partial charge in [-0.15, -0.1) is 0 Å². The molecule has 2 aromatic carbocycles. The Morgan fingerprint density at radius 3 is 2.70 bits per heavy atom. The molecule has 0 unspecified atom stereocenters. The Morgan fingerprint density at radius 2 is 1.97 bits per heavy atom. The van der Waals surface area contributed by atoms with Crippen LogP contribution in [-0.4, -0.2) is 36.7 Å². The molecule has 0 spiro atoms. The van der Waals surface area contributed by atoms with Crippen LogP contribution in [0.1, 0.15) is 15.9 Å². The van der Waals surface area contributed by atoms with Crippen molar-refractivity contribution in [2.45, 2.75) is 13.2 Å². The Hall–Kier alpha value is -3.83. The minimum atomic E-state index is -0.848. The van der Waals surface area contributed by atoms with Gasteiger partial charge < -0.3 is 14.8 Å². The second-order valence-corrected chi connectivity index (χ2v) is 7.37. The monoisotopic (exact) mass is 476 g/mol. The Morgan fingerprint density at radius 1 is 1.18 bits per heavy atom. The predicted molar refractivity (Wildman–Crippen MR) is 114 cm³/mol. The van der Waals surface area contributed by atoms with E-state index in [9.17, 15) is 23.2 Å². The lowest BCUT2D eigenvalue weighted by atomic mass is 10.2. The fourth-order valence-corrected chi connectivity index (χ4v) is 3.42. The fourth-order valence-electron chi connectivity index (χ4n) is 3.21. The van der Waals surface area contributed by atoms with Gasteiger partial charge in [-0.25, -0.2) is 23.1 Å². The first-order chi connectivity index (χ1) is 15.8. The van der Waals surface area contributed by atoms with Crippen molar-refractivity contribution in [1.29, 1.82) is 0 Å². The maximum Gasteiger partial charge on any atom is 0.333 e. The molecule has 4 rings (SSSR count). The average molecular weight is 477 g/mol. The van der Waals surface area contributed by atoms with Crippen LogP contribution in [0.15, 0.2) is 52.3 Å². The molecular weight excluding hydrogens is 462 g/mol. The van der Waals surface area contributed by atoms with Crippen LogP contribution in [0.2, 0.25) is 5.02 Å². The summed E-state index contributed by atoms with van der Waals surface area (Å²) in [6.45, 7) is -1.16. The van der Waals surface area contributed by atoms with E-state index in [0.29, 0.717) is 17.1 Å². The van der Waals surface area contributed by atoms with Crippen LogP contribution in [0.25, 0.3) is 11.0 Å². The maximum atomic E-state index is 13.8. The number of hydrogen-bond acceptors (Lipinski definition) is 6. The highest BCUT2D eigenvalue weighted by molar-refractivity contribution is 6.31. The molecule has 33 heavy (non-hydrogen) atoms. The number of ether oxygens (including phenoxy) is 1. The van der Waals surface area contributed by atoms with E-state index >= 15 is 0 Å². The first-order valence-corrected chi connectivity index (χ1v) is 9.85. The molecule has 2 N–H and O–H groups in total. The van der Waals surface area contributed by atoms with E-state index in [2.05, 4.69) is 9.97 Å². The summed E-state index contributed by atoms with van der Waals surface area (Å²) in [4.78, 5) is 43.0. The molecule has 0 fully saturated rings. The first-order valence-electron chi connectivity index (χ1n) is 9.48. The lowest BCUT2D eigenvalue weighted by Gasteiger charge is -2.11. The number of imidazole rings is 1. The third-order valence-electron chi connectivity index (χ3n) is 4.82. The molecule has 0 saturated carbocycles. The molecule has 4 aromatic rings. The van der Waals surface area contributed by atoms with Crippen molar-refractivity contribution in [3.05, 3.63) is 91.3 Å². The zero-order valence-electron chi connectivity index (χ0n) is 16.7. The van der Waals surface area contributed by atoms with Gasteiger partial charge in [-0.2, -0.15) is 0 Å². The number of hydrogen-bond donors (Lipinski definition) is 2. The van der Waals surface area contributed by atoms with Crippen LogP contribution in [0.3, 0.4) is 0 Å². The summed E-state index contributed by atoms with van der Waals surface area (Å²) in [6, 6.07) is 7.70. The van der Waals surface area contributed by atoms with Crippen LogP contribution >= 0.6 is 11.6 Å². The van der Waals surface area contributed by atoms with E-state index in [1.165, 1.54) is 23.0 Å². The van der Waals surface area contributed by atoms with Gasteiger partial charge in [0.05, 0.1) is 17.6 Å². The number of H-pyrrole nitrogens is 1. The summed E-state index contributed by atoms with van der Waals surface area (Å²) in [5.41, 5.74) is -0.109. The molecule has 9 nitrogen and oxygen atoms in total. The van der Waals surface area contributed by atoms with Gasteiger partial charge in [0, 0.05) is 11.6 Å². The number of carbonyl (C=O) groups is 1. The highest BCUT2D eigenvalue weighted by atomic mass is 35.5. The molecule has 170 valence electrons. The molecule has 0 bridgehead atoms. The zero-order chi connectivity index (χ0) is 23.7. The smallest absolute Gasteiger partial charge is 0.333 e. The minimum absolute atomic E-state index is 0.00104. The topological polar surface area (TPSA) is 119 Å². The number of halogens is 3. The van der Waals surface area contributed by atoms with Gasteiger partial charge in [0.25, 0.3) is 11.5 Å². The summed E-state index contributed by atoms with van der Waals surface area (Å²) in [6.07, 6.45) is 1.18. The van der Waals surface area contributed by atoms with Crippen molar-refractivity contribution in [3.63, 3.8) is 0 Å². The number of aromatic nitrogens is 4. The van der Waals surface area contributed by atoms with Crippen LogP contribution in [0.4, 0.5) is 8.78 Å². The highest BCUT2D eigenvalue weighted by Crippen LogP contribution is 2.20. The van der Waals surface area contributed by atoms with Crippen molar-refractivity contribution >= 4 is 28.5 Å². The normalized spacial score (nSPS) is 11.2. The molecule has 0 amide bonds. The largest absolute Gasteiger partial charge is 0.471 e. The third-order valence-corrected chi connectivity index (χ3v) is 5.14. The summed E-state index contributed by atoms with van der Waals surface area (Å²) in [7, 11) is 0. The number of nitrogens with one attached hydrogen (secondary N) is 1. The molecular formula is C21H15ClF2N4O5. The van der Waals surface area contributed by atoms with Gasteiger partial charge in [-0.3, -0.25) is 14.2 Å². The zero-order valence-corrected chi connectivity index (χ0v) is 17.5. The number of aliphatic hydroxyl groups is 1. The van der Waals surface area contributed by atoms with E-state index in [1.807, 2.05) is 0 Å². The van der Waals surface area contributed by atoms with Gasteiger partial charge in [-0.05, 0) is 29.8 Å². The summed E-state index contributed by atoms with van der Waals surface area (Å²) in [5, 5.41) is 8.75. The first kappa shape index (κ1) is 22.4. The summed E-state index contributed by atoms with van der Waals surface area (Å²) < 4.78 is 34.1. The van der Waals surface area contributed by atoms with Crippen molar-refractivity contribution in [2.24, 2.45) is 0 Å². The van der Waals surface area contributed by atoms with Gasteiger partial charge in [0.15, 0.2) is 5.02 Å². The second kappa shape index (κ2) is 8.96. The van der Waals surface area contributed by atoms with Crippen molar-refractivity contribution < 1.29 is 23.4 Å². The van der Waals surface area contributed by atoms with E-state index in [1.54, 1.807) is 12.1 Å². The number of aliphatic hydroxyl groups excluding tert-OH is 1. The third kappa shape index (κ3) is 4.41. The summed E-state index contributed by atoms with van der Waals surface area (Å²) >= 11 is 6.08. The van der Waals surface area contributed by atoms with Crippen LogP contribution in [0, 0.1) is 11.6 Å². The number of rotatable bonds is 6. The fraction of sp³-hybridized carbons (Fsp3) is 0.143. The quantitative estimate of drug-likeness (QED) is 0.440. The molecule has 0 aliphatic heterocycles. The summed E-state index contributed by atoms with van der Waals surface area (Å²) in [5.74, 6) is -2.56. The lowest BCUT2D eigenvalue weighted by Crippen LogP contribution is -2.26. The molecule has 12 heteroatoms. The Balaban J connectivity index is 1.58. The minimum Gasteiger partial charge on any atom is -0.471 e. The van der Waals surface area contributed by atoms with Crippen molar-refractivity contribution in [2.75, 3.05) is 6.61 Å². The molecule has 0 radical (unpaired) electrons. The van der Waals surface area contributed by atoms with Gasteiger partial charge >= 0.3 is 5.69 Å². The molecule has 2 aromatic heterocycles. The maximum absolute atomic E-state index is 13.8. The van der Waals surface area contributed by atoms with Crippen molar-refractivity contribution in [1.82, 2.24) is 19.1 Å². The van der Waals surface area contributed by atoms with Crippen LogP contribution < -0.4 is 16.0 Å². The van der Waals surface area contributed by atoms with Crippen molar-refractivity contribution in [3.8, 4) is 5.88 Å². The SMILES string of the molecule is O=C(CO)n1c(=O)[nH]c2ccc(Cn3cnc(OCc4ccc(F)cc4F)c(Cl)c3=O)cc21. The van der Waals surface area contributed by atoms with Crippen LogP contribution in [0.5, 0.6) is 5.88 Å². The Kier molecular flexibility index (Phi) is 6.07. The number of fused-ring (bicyclic) bond motifs is 1. The molecule has 0 aliphatic carbocycles. The van der Waals surface area contributed by atoms with Gasteiger partial charge in [-0.1, -0.05) is 17.7 Å². The second-order valence-electron chi connectivity index (χ2n) is 6.99. The number of nitrogens with zero attached hydrogens (tertiary/aromatic N) is 3. The average Bonchev–Trinajstić information content (AvgIpc) is 3.12. The molecule has 0 atom stereocenters. The number of benzene rings is 2.